The minimum absolute atomic E-state index is 0.0544. The van der Waals surface area contributed by atoms with Crippen LogP contribution in [-0.4, -0.2) is 12.0 Å². The van der Waals surface area contributed by atoms with E-state index in [-0.39, 0.29) is 11.9 Å². The number of nitrogens with one attached hydrogen (secondary N) is 1. The molecule has 2 aromatic carbocycles. The second-order valence-corrected chi connectivity index (χ2v) is 7.10. The number of hydrogen-bond donors (Lipinski definition) is 1. The van der Waals surface area contributed by atoms with Gasteiger partial charge < -0.3 is 10.1 Å². The molecule has 0 bridgehead atoms. The van der Waals surface area contributed by atoms with E-state index >= 15 is 0 Å². The summed E-state index contributed by atoms with van der Waals surface area (Å²) in [6.45, 7) is 12.1. The van der Waals surface area contributed by atoms with Crippen molar-refractivity contribution >= 4 is 5.91 Å². The zero-order chi connectivity index (χ0) is 18.6. The van der Waals surface area contributed by atoms with E-state index in [0.29, 0.717) is 5.92 Å². The maximum atomic E-state index is 12.5. The van der Waals surface area contributed by atoms with Crippen LogP contribution in [0.1, 0.15) is 61.9 Å². The van der Waals surface area contributed by atoms with Crippen molar-refractivity contribution in [3.05, 3.63) is 64.7 Å². The van der Waals surface area contributed by atoms with Crippen LogP contribution in [-0.2, 0) is 4.79 Å². The molecule has 2 aromatic rings. The first kappa shape index (κ1) is 19.0. The third kappa shape index (κ3) is 5.09. The van der Waals surface area contributed by atoms with Gasteiger partial charge in [0.1, 0.15) is 5.75 Å². The largest absolute Gasteiger partial charge is 0.481 e. The lowest BCUT2D eigenvalue weighted by Gasteiger charge is -2.21. The summed E-state index contributed by atoms with van der Waals surface area (Å²) < 4.78 is 5.99. The molecule has 25 heavy (non-hydrogen) atoms. The molecule has 0 spiro atoms. The Morgan fingerprint density at radius 3 is 2.12 bits per heavy atom. The summed E-state index contributed by atoms with van der Waals surface area (Å²) in [7, 11) is 0. The van der Waals surface area contributed by atoms with Crippen molar-refractivity contribution in [2.75, 3.05) is 0 Å². The third-order valence-electron chi connectivity index (χ3n) is 4.40. The van der Waals surface area contributed by atoms with E-state index in [9.17, 15) is 4.79 Å². The molecule has 134 valence electrons. The van der Waals surface area contributed by atoms with Crippen LogP contribution >= 0.6 is 0 Å². The lowest BCUT2D eigenvalue weighted by Crippen LogP contribution is -2.38. The quantitative estimate of drug-likeness (QED) is 0.798. The predicted octanol–water partition coefficient (Wildman–Crippen LogP) is 5.07. The summed E-state index contributed by atoms with van der Waals surface area (Å²) in [6, 6.07) is 14.3. The van der Waals surface area contributed by atoms with Crippen molar-refractivity contribution in [3.8, 4) is 5.75 Å². The smallest absolute Gasteiger partial charge is 0.261 e. The van der Waals surface area contributed by atoms with Crippen molar-refractivity contribution < 1.29 is 9.53 Å². The Morgan fingerprint density at radius 1 is 0.920 bits per heavy atom. The Balaban J connectivity index is 2.05. The van der Waals surface area contributed by atoms with Crippen molar-refractivity contribution in [1.29, 1.82) is 0 Å². The minimum atomic E-state index is -0.549. The van der Waals surface area contributed by atoms with Crippen molar-refractivity contribution in [2.24, 2.45) is 0 Å². The van der Waals surface area contributed by atoms with Gasteiger partial charge in [0.15, 0.2) is 6.10 Å². The molecule has 0 aliphatic rings. The molecule has 3 nitrogen and oxygen atoms in total. The van der Waals surface area contributed by atoms with Crippen molar-refractivity contribution in [2.45, 2.75) is 59.6 Å². The van der Waals surface area contributed by atoms with Crippen LogP contribution in [0.15, 0.2) is 42.5 Å². The molecule has 0 radical (unpaired) electrons. The van der Waals surface area contributed by atoms with E-state index in [1.54, 1.807) is 6.92 Å². The Morgan fingerprint density at radius 2 is 1.52 bits per heavy atom. The Kier molecular flexibility index (Phi) is 6.24. The third-order valence-corrected chi connectivity index (χ3v) is 4.40. The van der Waals surface area contributed by atoms with Gasteiger partial charge in [-0.25, -0.2) is 0 Å². The first-order valence-electron chi connectivity index (χ1n) is 8.92. The first-order chi connectivity index (χ1) is 11.8. The molecule has 3 heteroatoms. The molecule has 0 saturated carbocycles. The molecule has 1 amide bonds. The zero-order valence-corrected chi connectivity index (χ0v) is 16.1. The van der Waals surface area contributed by atoms with Crippen LogP contribution < -0.4 is 10.1 Å². The number of rotatable bonds is 6. The fraction of sp³-hybridized carbons (Fsp3) is 0.409. The highest BCUT2D eigenvalue weighted by Gasteiger charge is 2.19. The Labute approximate surface area is 151 Å². The van der Waals surface area contributed by atoms with Gasteiger partial charge in [0, 0.05) is 0 Å². The SMILES string of the molecule is Cc1ccc([C@@H](C)NC(=O)[C@@H](C)Oc2cc(C)ccc2C(C)C)cc1. The summed E-state index contributed by atoms with van der Waals surface area (Å²) in [5.74, 6) is 1.03. The van der Waals surface area contributed by atoms with Gasteiger partial charge in [-0.15, -0.1) is 0 Å². The molecule has 0 heterocycles. The highest BCUT2D eigenvalue weighted by Crippen LogP contribution is 2.28. The Bertz CT molecular complexity index is 719. The van der Waals surface area contributed by atoms with Gasteiger partial charge in [-0.05, 0) is 56.4 Å². The lowest BCUT2D eigenvalue weighted by atomic mass is 10.0. The van der Waals surface area contributed by atoms with Crippen molar-refractivity contribution in [3.63, 3.8) is 0 Å². The molecule has 0 saturated heterocycles. The van der Waals surface area contributed by atoms with E-state index in [4.69, 9.17) is 4.74 Å². The summed E-state index contributed by atoms with van der Waals surface area (Å²) in [6.07, 6.45) is -0.549. The normalized spacial score (nSPS) is 13.4. The number of aryl methyl sites for hydroxylation is 2. The lowest BCUT2D eigenvalue weighted by molar-refractivity contribution is -0.127. The van der Waals surface area contributed by atoms with Crippen molar-refractivity contribution in [1.82, 2.24) is 5.32 Å². The van der Waals surface area contributed by atoms with Gasteiger partial charge in [-0.1, -0.05) is 55.8 Å². The molecule has 0 aliphatic heterocycles. The molecule has 0 aromatic heterocycles. The number of ether oxygens (including phenoxy) is 1. The minimum Gasteiger partial charge on any atom is -0.481 e. The predicted molar refractivity (Wildman–Crippen MR) is 103 cm³/mol. The molecule has 0 aliphatic carbocycles. The molecular formula is C22H29NO2. The van der Waals surface area contributed by atoms with E-state index in [0.717, 1.165) is 22.4 Å². The van der Waals surface area contributed by atoms with E-state index < -0.39 is 6.10 Å². The summed E-state index contributed by atoms with van der Waals surface area (Å²) >= 11 is 0. The number of carbonyl (C=O) groups is 1. The second kappa shape index (κ2) is 8.19. The van der Waals surface area contributed by atoms with Crippen LogP contribution in [0.3, 0.4) is 0 Å². The van der Waals surface area contributed by atoms with E-state index in [2.05, 4.69) is 50.4 Å². The number of amides is 1. The molecule has 1 N–H and O–H groups in total. The monoisotopic (exact) mass is 339 g/mol. The molecule has 0 fully saturated rings. The summed E-state index contributed by atoms with van der Waals surface area (Å²) in [5.41, 5.74) is 4.54. The van der Waals surface area contributed by atoms with Crippen LogP contribution in [0, 0.1) is 13.8 Å². The van der Waals surface area contributed by atoms with Gasteiger partial charge >= 0.3 is 0 Å². The van der Waals surface area contributed by atoms with E-state index in [1.165, 1.54) is 5.56 Å². The van der Waals surface area contributed by atoms with Gasteiger partial charge in [-0.2, -0.15) is 0 Å². The number of carbonyl (C=O) groups excluding carboxylic acids is 1. The van der Waals surface area contributed by atoms with Gasteiger partial charge in [0.2, 0.25) is 0 Å². The van der Waals surface area contributed by atoms with Crippen LogP contribution in [0.2, 0.25) is 0 Å². The van der Waals surface area contributed by atoms with Crippen LogP contribution in [0.5, 0.6) is 5.75 Å². The first-order valence-corrected chi connectivity index (χ1v) is 8.92. The number of benzene rings is 2. The van der Waals surface area contributed by atoms with Gasteiger partial charge in [-0.3, -0.25) is 4.79 Å². The molecule has 2 atom stereocenters. The van der Waals surface area contributed by atoms with Gasteiger partial charge in [0.25, 0.3) is 5.91 Å². The topological polar surface area (TPSA) is 38.3 Å². The second-order valence-electron chi connectivity index (χ2n) is 7.10. The average Bonchev–Trinajstić information content (AvgIpc) is 2.55. The number of hydrogen-bond acceptors (Lipinski definition) is 2. The maximum Gasteiger partial charge on any atom is 0.261 e. The highest BCUT2D eigenvalue weighted by molar-refractivity contribution is 5.81. The summed E-state index contributed by atoms with van der Waals surface area (Å²) in [5, 5.41) is 3.04. The average molecular weight is 339 g/mol. The van der Waals surface area contributed by atoms with Crippen LogP contribution in [0.4, 0.5) is 0 Å². The highest BCUT2D eigenvalue weighted by atomic mass is 16.5. The summed E-state index contributed by atoms with van der Waals surface area (Å²) in [4.78, 5) is 12.5. The zero-order valence-electron chi connectivity index (χ0n) is 16.1. The standard InChI is InChI=1S/C22H29NO2/c1-14(2)20-12-9-16(4)13-21(20)25-18(6)22(24)23-17(5)19-10-7-15(3)8-11-19/h7-14,17-18H,1-6H3,(H,23,24)/t17-,18-/m1/s1. The molecule has 2 rings (SSSR count). The Hall–Kier alpha value is -2.29. The van der Waals surface area contributed by atoms with Gasteiger partial charge in [0.05, 0.1) is 6.04 Å². The molecular weight excluding hydrogens is 310 g/mol. The van der Waals surface area contributed by atoms with E-state index in [1.807, 2.05) is 32.0 Å². The fourth-order valence-electron chi connectivity index (χ4n) is 2.73. The fourth-order valence-corrected chi connectivity index (χ4v) is 2.73. The maximum absolute atomic E-state index is 12.5. The van der Waals surface area contributed by atoms with Crippen LogP contribution in [0.25, 0.3) is 0 Å². The molecule has 0 unspecified atom stereocenters.